The SMILES string of the molecule is Cc1c(C(=O)N2CCO[C@H]3CCCC[C@@H]32)cnn1-c1ccccn1. The number of carbonyl (C=O) groups excluding carboxylic acids is 1. The molecule has 1 saturated heterocycles. The maximum absolute atomic E-state index is 13.1. The molecular weight excluding hydrogens is 304 g/mol. The minimum absolute atomic E-state index is 0.0647. The van der Waals surface area contributed by atoms with E-state index in [2.05, 4.69) is 10.1 Å². The Morgan fingerprint density at radius 2 is 2.17 bits per heavy atom. The van der Waals surface area contributed by atoms with Gasteiger partial charge in [-0.15, -0.1) is 0 Å². The predicted molar refractivity (Wildman–Crippen MR) is 89.1 cm³/mol. The van der Waals surface area contributed by atoms with Gasteiger partial charge in [0.1, 0.15) is 0 Å². The number of hydrogen-bond acceptors (Lipinski definition) is 4. The van der Waals surface area contributed by atoms with Gasteiger partial charge < -0.3 is 9.64 Å². The zero-order valence-electron chi connectivity index (χ0n) is 13.9. The molecule has 2 aliphatic rings. The number of fused-ring (bicyclic) bond motifs is 1. The van der Waals surface area contributed by atoms with E-state index in [1.807, 2.05) is 30.0 Å². The van der Waals surface area contributed by atoms with Crippen molar-refractivity contribution < 1.29 is 9.53 Å². The third-order valence-corrected chi connectivity index (χ3v) is 5.10. The maximum Gasteiger partial charge on any atom is 0.257 e. The zero-order chi connectivity index (χ0) is 16.5. The molecule has 0 aromatic carbocycles. The number of aromatic nitrogens is 3. The topological polar surface area (TPSA) is 60.3 Å². The first-order chi connectivity index (χ1) is 11.8. The van der Waals surface area contributed by atoms with Gasteiger partial charge in [-0.2, -0.15) is 5.10 Å². The fourth-order valence-corrected chi connectivity index (χ4v) is 3.83. The van der Waals surface area contributed by atoms with Crippen LogP contribution in [0.1, 0.15) is 41.7 Å². The van der Waals surface area contributed by atoms with Gasteiger partial charge in [-0.25, -0.2) is 9.67 Å². The summed E-state index contributed by atoms with van der Waals surface area (Å²) in [5, 5.41) is 4.38. The molecule has 1 aliphatic heterocycles. The lowest BCUT2D eigenvalue weighted by Crippen LogP contribution is -2.54. The fourth-order valence-electron chi connectivity index (χ4n) is 3.83. The van der Waals surface area contributed by atoms with E-state index >= 15 is 0 Å². The highest BCUT2D eigenvalue weighted by Crippen LogP contribution is 2.30. The lowest BCUT2D eigenvalue weighted by atomic mass is 9.90. The number of amides is 1. The van der Waals surface area contributed by atoms with Crippen molar-refractivity contribution >= 4 is 5.91 Å². The summed E-state index contributed by atoms with van der Waals surface area (Å²) >= 11 is 0. The van der Waals surface area contributed by atoms with Crippen molar-refractivity contribution in [2.45, 2.75) is 44.8 Å². The molecule has 1 saturated carbocycles. The van der Waals surface area contributed by atoms with Crippen LogP contribution in [-0.2, 0) is 4.74 Å². The average Bonchev–Trinajstić information content (AvgIpc) is 3.03. The second kappa shape index (κ2) is 6.36. The summed E-state index contributed by atoms with van der Waals surface area (Å²) in [7, 11) is 0. The van der Waals surface area contributed by atoms with Crippen molar-refractivity contribution in [3.05, 3.63) is 41.9 Å². The van der Waals surface area contributed by atoms with Crippen LogP contribution in [0.15, 0.2) is 30.6 Å². The summed E-state index contributed by atoms with van der Waals surface area (Å²) < 4.78 is 7.61. The van der Waals surface area contributed by atoms with Gasteiger partial charge >= 0.3 is 0 Å². The summed E-state index contributed by atoms with van der Waals surface area (Å²) in [5.74, 6) is 0.793. The molecule has 3 heterocycles. The van der Waals surface area contributed by atoms with E-state index in [1.54, 1.807) is 17.1 Å². The van der Waals surface area contributed by atoms with Crippen LogP contribution in [0, 0.1) is 6.92 Å². The van der Waals surface area contributed by atoms with E-state index in [-0.39, 0.29) is 18.1 Å². The molecule has 1 aliphatic carbocycles. The Kier molecular flexibility index (Phi) is 4.06. The first kappa shape index (κ1) is 15.3. The zero-order valence-corrected chi connectivity index (χ0v) is 13.9. The molecule has 6 nitrogen and oxygen atoms in total. The molecule has 2 fully saturated rings. The molecule has 0 unspecified atom stereocenters. The highest BCUT2D eigenvalue weighted by molar-refractivity contribution is 5.95. The van der Waals surface area contributed by atoms with E-state index in [0.29, 0.717) is 18.7 Å². The Balaban J connectivity index is 1.62. The molecule has 2 aromatic rings. The predicted octanol–water partition coefficient (Wildman–Crippen LogP) is 2.36. The van der Waals surface area contributed by atoms with Crippen LogP contribution in [0.25, 0.3) is 5.82 Å². The van der Waals surface area contributed by atoms with Crippen LogP contribution in [0.3, 0.4) is 0 Å². The largest absolute Gasteiger partial charge is 0.374 e. The summed E-state index contributed by atoms with van der Waals surface area (Å²) in [5.41, 5.74) is 1.49. The molecular formula is C18H22N4O2. The van der Waals surface area contributed by atoms with Gasteiger partial charge in [0.25, 0.3) is 5.91 Å². The second-order valence-corrected chi connectivity index (χ2v) is 6.50. The van der Waals surface area contributed by atoms with E-state index in [9.17, 15) is 4.79 Å². The number of rotatable bonds is 2. The average molecular weight is 326 g/mol. The van der Waals surface area contributed by atoms with Crippen molar-refractivity contribution in [2.75, 3.05) is 13.2 Å². The first-order valence-electron chi connectivity index (χ1n) is 8.64. The van der Waals surface area contributed by atoms with E-state index < -0.39 is 0 Å². The van der Waals surface area contributed by atoms with Gasteiger partial charge in [-0.1, -0.05) is 18.9 Å². The molecule has 6 heteroatoms. The first-order valence-corrected chi connectivity index (χ1v) is 8.64. The van der Waals surface area contributed by atoms with Gasteiger partial charge in [0.15, 0.2) is 5.82 Å². The van der Waals surface area contributed by atoms with E-state index in [4.69, 9.17) is 4.74 Å². The highest BCUT2D eigenvalue weighted by Gasteiger charge is 2.37. The Morgan fingerprint density at radius 1 is 1.29 bits per heavy atom. The van der Waals surface area contributed by atoms with Crippen LogP contribution < -0.4 is 0 Å². The van der Waals surface area contributed by atoms with E-state index in [0.717, 1.165) is 24.4 Å². The minimum atomic E-state index is 0.0647. The summed E-state index contributed by atoms with van der Waals surface area (Å²) in [6.45, 7) is 3.21. The van der Waals surface area contributed by atoms with Crippen LogP contribution in [-0.4, -0.2) is 50.9 Å². The standard InChI is InChI=1S/C18H22N4O2/c1-13-14(12-20-22(13)17-8-4-5-9-19-17)18(23)21-10-11-24-16-7-3-2-6-15(16)21/h4-5,8-9,12,15-16H,2-3,6-7,10-11H2,1H3/t15-,16-/m0/s1. The Labute approximate surface area is 141 Å². The van der Waals surface area contributed by atoms with Crippen molar-refractivity contribution in [3.63, 3.8) is 0 Å². The number of ether oxygens (including phenoxy) is 1. The van der Waals surface area contributed by atoms with Crippen LogP contribution >= 0.6 is 0 Å². The van der Waals surface area contributed by atoms with Crippen molar-refractivity contribution in [1.29, 1.82) is 0 Å². The Bertz CT molecular complexity index is 726. The maximum atomic E-state index is 13.1. The monoisotopic (exact) mass is 326 g/mol. The molecule has 126 valence electrons. The number of carbonyl (C=O) groups is 1. The van der Waals surface area contributed by atoms with Crippen molar-refractivity contribution in [1.82, 2.24) is 19.7 Å². The highest BCUT2D eigenvalue weighted by atomic mass is 16.5. The number of nitrogens with zero attached hydrogens (tertiary/aromatic N) is 4. The summed E-state index contributed by atoms with van der Waals surface area (Å²) in [6.07, 6.45) is 8.04. The molecule has 4 rings (SSSR count). The third kappa shape index (κ3) is 2.60. The van der Waals surface area contributed by atoms with Gasteiger partial charge in [0.2, 0.25) is 0 Å². The number of pyridine rings is 1. The molecule has 2 aromatic heterocycles. The molecule has 24 heavy (non-hydrogen) atoms. The molecule has 2 atom stereocenters. The smallest absolute Gasteiger partial charge is 0.257 e. The summed E-state index contributed by atoms with van der Waals surface area (Å²) in [6, 6.07) is 5.88. The molecule has 0 radical (unpaired) electrons. The van der Waals surface area contributed by atoms with Gasteiger partial charge in [-0.3, -0.25) is 4.79 Å². The van der Waals surface area contributed by atoms with Crippen LogP contribution in [0.4, 0.5) is 0 Å². The van der Waals surface area contributed by atoms with Crippen LogP contribution in [0.2, 0.25) is 0 Å². The normalized spacial score (nSPS) is 23.8. The van der Waals surface area contributed by atoms with Crippen molar-refractivity contribution in [3.8, 4) is 5.82 Å². The number of hydrogen-bond donors (Lipinski definition) is 0. The van der Waals surface area contributed by atoms with Gasteiger partial charge in [-0.05, 0) is 31.9 Å². The lowest BCUT2D eigenvalue weighted by Gasteiger charge is -2.43. The minimum Gasteiger partial charge on any atom is -0.374 e. The second-order valence-electron chi connectivity index (χ2n) is 6.50. The molecule has 0 bridgehead atoms. The number of morpholine rings is 1. The Hall–Kier alpha value is -2.21. The van der Waals surface area contributed by atoms with Gasteiger partial charge in [0.05, 0.1) is 36.2 Å². The van der Waals surface area contributed by atoms with E-state index in [1.165, 1.54) is 12.8 Å². The van der Waals surface area contributed by atoms with Crippen molar-refractivity contribution in [2.24, 2.45) is 0 Å². The third-order valence-electron chi connectivity index (χ3n) is 5.10. The Morgan fingerprint density at radius 3 is 3.00 bits per heavy atom. The van der Waals surface area contributed by atoms with Gasteiger partial charge in [0, 0.05) is 12.7 Å². The molecule has 0 spiro atoms. The van der Waals surface area contributed by atoms with Crippen LogP contribution in [0.5, 0.6) is 0 Å². The fraction of sp³-hybridized carbons (Fsp3) is 0.500. The molecule has 1 amide bonds. The molecule has 0 N–H and O–H groups in total. The summed E-state index contributed by atoms with van der Waals surface area (Å²) in [4.78, 5) is 19.4. The quantitative estimate of drug-likeness (QED) is 0.850. The lowest BCUT2D eigenvalue weighted by molar-refractivity contribution is -0.0753.